The molecule has 1 aliphatic rings. The molecule has 0 spiro atoms. The number of carbonyl (C=O) groups excluding carboxylic acids is 1. The number of rotatable bonds is 5. The first-order valence-corrected chi connectivity index (χ1v) is 7.90. The topological polar surface area (TPSA) is 90.0 Å². The highest BCUT2D eigenvalue weighted by atomic mass is 35.5. The van der Waals surface area contributed by atoms with Crippen molar-refractivity contribution in [3.05, 3.63) is 40.3 Å². The summed E-state index contributed by atoms with van der Waals surface area (Å²) in [5.41, 5.74) is 5.94. The van der Waals surface area contributed by atoms with Gasteiger partial charge in [-0.2, -0.15) is 5.10 Å². The number of amides is 1. The number of fused-ring (bicyclic) bond motifs is 1. The molecule has 1 aromatic carbocycles. The van der Waals surface area contributed by atoms with Crippen LogP contribution < -0.4 is 16.6 Å². The summed E-state index contributed by atoms with van der Waals surface area (Å²) in [4.78, 5) is 24.6. The van der Waals surface area contributed by atoms with E-state index in [-0.39, 0.29) is 35.8 Å². The summed E-state index contributed by atoms with van der Waals surface area (Å²) in [6, 6.07) is 7.25. The number of benzene rings is 1. The van der Waals surface area contributed by atoms with E-state index in [0.29, 0.717) is 23.5 Å². The molecule has 130 valence electrons. The quantitative estimate of drug-likeness (QED) is 0.846. The maximum Gasteiger partial charge on any atom is 0.274 e. The standard InChI is InChI=1S/C17H22N4O2.ClH/c1-17(10-18,11-7-8-11)19-15(22)9-14-12-5-3-4-6-13(12)16(23)21(2)20-14;/h3-6,11H,7-10,18H2,1-2H3,(H,19,22);1H. The van der Waals surface area contributed by atoms with Crippen molar-refractivity contribution in [2.24, 2.45) is 18.7 Å². The van der Waals surface area contributed by atoms with Gasteiger partial charge in [0.1, 0.15) is 0 Å². The van der Waals surface area contributed by atoms with Gasteiger partial charge in [0.2, 0.25) is 5.91 Å². The maximum absolute atomic E-state index is 12.5. The largest absolute Gasteiger partial charge is 0.349 e. The molecule has 1 aromatic heterocycles. The molecule has 0 aliphatic heterocycles. The van der Waals surface area contributed by atoms with Crippen molar-refractivity contribution >= 4 is 29.1 Å². The summed E-state index contributed by atoms with van der Waals surface area (Å²) in [5, 5.41) is 8.64. The first-order valence-electron chi connectivity index (χ1n) is 7.90. The van der Waals surface area contributed by atoms with Crippen LogP contribution in [0.4, 0.5) is 0 Å². The van der Waals surface area contributed by atoms with Crippen LogP contribution in [0.3, 0.4) is 0 Å². The lowest BCUT2D eigenvalue weighted by Crippen LogP contribution is -2.53. The van der Waals surface area contributed by atoms with E-state index in [1.54, 1.807) is 13.1 Å². The monoisotopic (exact) mass is 350 g/mol. The van der Waals surface area contributed by atoms with Crippen LogP contribution in [0, 0.1) is 5.92 Å². The number of hydrogen-bond acceptors (Lipinski definition) is 4. The van der Waals surface area contributed by atoms with Crippen LogP contribution in [-0.2, 0) is 18.3 Å². The van der Waals surface area contributed by atoms with Crippen LogP contribution in [0.5, 0.6) is 0 Å². The molecule has 2 aromatic rings. The molecular formula is C17H23ClN4O2. The Hall–Kier alpha value is -1.92. The Balaban J connectivity index is 0.00000208. The van der Waals surface area contributed by atoms with E-state index in [4.69, 9.17) is 5.73 Å². The molecular weight excluding hydrogens is 328 g/mol. The van der Waals surface area contributed by atoms with E-state index in [0.717, 1.165) is 18.2 Å². The second-order valence-electron chi connectivity index (χ2n) is 6.54. The second kappa shape index (κ2) is 6.91. The first-order chi connectivity index (χ1) is 10.9. The predicted octanol–water partition coefficient (Wildman–Crippen LogP) is 1.14. The van der Waals surface area contributed by atoms with Gasteiger partial charge < -0.3 is 11.1 Å². The molecule has 3 N–H and O–H groups in total. The fourth-order valence-corrected chi connectivity index (χ4v) is 3.06. The molecule has 1 aliphatic carbocycles. The van der Waals surface area contributed by atoms with Crippen LogP contribution in [0.15, 0.2) is 29.1 Å². The number of carbonyl (C=O) groups is 1. The number of hydrogen-bond donors (Lipinski definition) is 2. The van der Waals surface area contributed by atoms with Crippen molar-refractivity contribution in [2.45, 2.75) is 31.7 Å². The van der Waals surface area contributed by atoms with Crippen molar-refractivity contribution in [3.63, 3.8) is 0 Å². The van der Waals surface area contributed by atoms with E-state index in [1.165, 1.54) is 4.68 Å². The summed E-state index contributed by atoms with van der Waals surface area (Å²) in [6.07, 6.45) is 2.35. The Labute approximate surface area is 146 Å². The molecule has 1 unspecified atom stereocenters. The highest BCUT2D eigenvalue weighted by Crippen LogP contribution is 2.39. The van der Waals surface area contributed by atoms with Gasteiger partial charge in [0.15, 0.2) is 0 Å². The Bertz CT molecular complexity index is 816. The third-order valence-electron chi connectivity index (χ3n) is 4.69. The molecule has 0 saturated heterocycles. The zero-order valence-corrected chi connectivity index (χ0v) is 14.7. The van der Waals surface area contributed by atoms with Gasteiger partial charge in [-0.3, -0.25) is 9.59 Å². The number of nitrogens with zero attached hydrogens (tertiary/aromatic N) is 2. The van der Waals surface area contributed by atoms with Gasteiger partial charge in [-0.05, 0) is 31.7 Å². The van der Waals surface area contributed by atoms with E-state index in [9.17, 15) is 9.59 Å². The van der Waals surface area contributed by atoms with E-state index < -0.39 is 0 Å². The average Bonchev–Trinajstić information content (AvgIpc) is 3.37. The second-order valence-corrected chi connectivity index (χ2v) is 6.54. The van der Waals surface area contributed by atoms with Crippen molar-refractivity contribution < 1.29 is 4.79 Å². The SMILES string of the molecule is Cl.Cn1nc(CC(=O)NC(C)(CN)C2CC2)c2ccccc2c1=O. The van der Waals surface area contributed by atoms with E-state index in [2.05, 4.69) is 10.4 Å². The fraction of sp³-hybridized carbons (Fsp3) is 0.471. The normalized spacial score (nSPS) is 16.3. The van der Waals surface area contributed by atoms with E-state index >= 15 is 0 Å². The number of aryl methyl sites for hydroxylation is 1. The molecule has 1 fully saturated rings. The number of halogens is 1. The Morgan fingerprint density at radius 1 is 1.38 bits per heavy atom. The van der Waals surface area contributed by atoms with Gasteiger partial charge in [0.05, 0.1) is 23.0 Å². The van der Waals surface area contributed by atoms with Gasteiger partial charge in [-0.25, -0.2) is 4.68 Å². The van der Waals surface area contributed by atoms with Crippen LogP contribution in [0.25, 0.3) is 10.8 Å². The summed E-state index contributed by atoms with van der Waals surface area (Å²) >= 11 is 0. The molecule has 3 rings (SSSR count). The molecule has 7 heteroatoms. The highest BCUT2D eigenvalue weighted by molar-refractivity contribution is 5.88. The van der Waals surface area contributed by atoms with Crippen LogP contribution in [0.1, 0.15) is 25.5 Å². The summed E-state index contributed by atoms with van der Waals surface area (Å²) in [6.45, 7) is 2.42. The Morgan fingerprint density at radius 2 is 2.00 bits per heavy atom. The number of nitrogens with one attached hydrogen (secondary N) is 1. The molecule has 0 bridgehead atoms. The summed E-state index contributed by atoms with van der Waals surface area (Å²) < 4.78 is 1.29. The van der Waals surface area contributed by atoms with Crippen LogP contribution in [-0.4, -0.2) is 27.8 Å². The van der Waals surface area contributed by atoms with Crippen molar-refractivity contribution in [1.29, 1.82) is 0 Å². The summed E-state index contributed by atoms with van der Waals surface area (Å²) in [5.74, 6) is 0.349. The summed E-state index contributed by atoms with van der Waals surface area (Å²) in [7, 11) is 1.60. The number of aromatic nitrogens is 2. The number of nitrogens with two attached hydrogens (primary N) is 1. The van der Waals surface area contributed by atoms with Gasteiger partial charge >= 0.3 is 0 Å². The van der Waals surface area contributed by atoms with Crippen molar-refractivity contribution in [3.8, 4) is 0 Å². The van der Waals surface area contributed by atoms with Crippen molar-refractivity contribution in [2.75, 3.05) is 6.54 Å². The molecule has 24 heavy (non-hydrogen) atoms. The average molecular weight is 351 g/mol. The zero-order valence-electron chi connectivity index (χ0n) is 13.9. The highest BCUT2D eigenvalue weighted by Gasteiger charge is 2.41. The lowest BCUT2D eigenvalue weighted by molar-refractivity contribution is -0.122. The zero-order chi connectivity index (χ0) is 16.6. The third kappa shape index (κ3) is 3.44. The van der Waals surface area contributed by atoms with Crippen molar-refractivity contribution in [1.82, 2.24) is 15.1 Å². The molecule has 6 nitrogen and oxygen atoms in total. The van der Waals surface area contributed by atoms with Gasteiger partial charge in [0, 0.05) is 19.0 Å². The Morgan fingerprint density at radius 3 is 2.58 bits per heavy atom. The third-order valence-corrected chi connectivity index (χ3v) is 4.69. The molecule has 1 atom stereocenters. The fourth-order valence-electron chi connectivity index (χ4n) is 3.06. The molecule has 1 amide bonds. The van der Waals surface area contributed by atoms with Gasteiger partial charge in [-0.15, -0.1) is 12.4 Å². The lowest BCUT2D eigenvalue weighted by atomic mass is 9.95. The van der Waals surface area contributed by atoms with E-state index in [1.807, 2.05) is 25.1 Å². The minimum Gasteiger partial charge on any atom is -0.349 e. The molecule has 0 radical (unpaired) electrons. The smallest absolute Gasteiger partial charge is 0.274 e. The lowest BCUT2D eigenvalue weighted by Gasteiger charge is -2.29. The minimum atomic E-state index is -0.354. The maximum atomic E-state index is 12.5. The van der Waals surface area contributed by atoms with Crippen LogP contribution >= 0.6 is 12.4 Å². The molecule has 1 heterocycles. The predicted molar refractivity (Wildman–Crippen MR) is 96.3 cm³/mol. The minimum absolute atomic E-state index is 0. The Kier molecular flexibility index (Phi) is 5.30. The van der Waals surface area contributed by atoms with Gasteiger partial charge in [0.25, 0.3) is 5.56 Å². The first kappa shape index (κ1) is 18.4. The molecule has 1 saturated carbocycles. The van der Waals surface area contributed by atoms with Gasteiger partial charge in [-0.1, -0.05) is 18.2 Å². The van der Waals surface area contributed by atoms with Crippen LogP contribution in [0.2, 0.25) is 0 Å².